The quantitative estimate of drug-likeness (QED) is 0.354. The Bertz CT molecular complexity index is 339. The lowest BCUT2D eigenvalue weighted by Gasteiger charge is -2.16. The third kappa shape index (κ3) is 9.40. The number of ether oxygens (including phenoxy) is 2. The Labute approximate surface area is 113 Å². The fourth-order valence-electron chi connectivity index (χ4n) is 0.829. The van der Waals surface area contributed by atoms with Gasteiger partial charge in [-0.15, -0.1) is 0 Å². The molecule has 0 saturated heterocycles. The van der Waals surface area contributed by atoms with Crippen LogP contribution in [0.25, 0.3) is 0 Å². The molecular formula is C10H19NO7S. The fraction of sp³-hybridized carbons (Fsp3) is 0.800. The van der Waals surface area contributed by atoms with Crippen molar-refractivity contribution in [1.82, 2.24) is 5.32 Å². The summed E-state index contributed by atoms with van der Waals surface area (Å²) in [5.74, 6) is -0.893. The Morgan fingerprint density at radius 2 is 1.89 bits per heavy atom. The molecule has 0 bridgehead atoms. The molecule has 8 nitrogen and oxygen atoms in total. The molecule has 0 rings (SSSR count). The van der Waals surface area contributed by atoms with Gasteiger partial charge >= 0.3 is 12.1 Å². The van der Waals surface area contributed by atoms with Gasteiger partial charge in [0, 0.05) is 6.54 Å². The van der Waals surface area contributed by atoms with E-state index < -0.39 is 41.5 Å². The molecule has 0 aliphatic carbocycles. The largest absolute Gasteiger partial charge is 0.427 e. The molecule has 0 spiro atoms. The second-order valence-corrected chi connectivity index (χ2v) is 5.73. The number of carbonyl (C=O) groups excluding carboxylic acids is 2. The average Bonchev–Trinajstić information content (AvgIpc) is 2.24. The molecule has 0 aliphatic rings. The highest BCUT2D eigenvalue weighted by Gasteiger charge is 2.23. The topological polar surface area (TPSA) is 122 Å². The number of amides is 1. The van der Waals surface area contributed by atoms with E-state index in [2.05, 4.69) is 14.8 Å². The van der Waals surface area contributed by atoms with Gasteiger partial charge in [-0.25, -0.2) is 9.00 Å². The summed E-state index contributed by atoms with van der Waals surface area (Å²) < 4.78 is 28.0. The van der Waals surface area contributed by atoms with Crippen LogP contribution in [0.2, 0.25) is 0 Å². The fourth-order valence-corrected chi connectivity index (χ4v) is 1.28. The first kappa shape index (κ1) is 17.8. The van der Waals surface area contributed by atoms with E-state index in [1.165, 1.54) is 0 Å². The molecule has 1 amide bonds. The van der Waals surface area contributed by atoms with Crippen LogP contribution in [-0.2, 0) is 25.3 Å². The minimum Gasteiger partial charge on any atom is -0.427 e. The van der Waals surface area contributed by atoms with E-state index in [-0.39, 0.29) is 12.3 Å². The Balaban J connectivity index is 3.77. The number of rotatable bonds is 6. The van der Waals surface area contributed by atoms with E-state index in [1.807, 2.05) is 0 Å². The highest BCUT2D eigenvalue weighted by molar-refractivity contribution is 7.79. The minimum absolute atomic E-state index is 0.238. The summed E-state index contributed by atoms with van der Waals surface area (Å²) >= 11 is -2.14. The SMILES string of the molecule is CC(C)(C)C(=O)OCOC(=O)NC[C@H](O)CS(=O)O. The summed E-state index contributed by atoms with van der Waals surface area (Å²) in [6.45, 7) is 4.19. The van der Waals surface area contributed by atoms with Gasteiger partial charge in [0.2, 0.25) is 6.79 Å². The van der Waals surface area contributed by atoms with Crippen LogP contribution in [0.1, 0.15) is 20.8 Å². The Kier molecular flexibility index (Phi) is 7.57. The average molecular weight is 297 g/mol. The van der Waals surface area contributed by atoms with Crippen molar-refractivity contribution in [2.24, 2.45) is 5.41 Å². The van der Waals surface area contributed by atoms with E-state index in [4.69, 9.17) is 4.55 Å². The number of hydrogen-bond donors (Lipinski definition) is 3. The number of hydrogen-bond acceptors (Lipinski definition) is 6. The molecular weight excluding hydrogens is 278 g/mol. The van der Waals surface area contributed by atoms with Crippen LogP contribution in [0.5, 0.6) is 0 Å². The molecule has 0 aromatic heterocycles. The van der Waals surface area contributed by atoms with Crippen LogP contribution >= 0.6 is 0 Å². The van der Waals surface area contributed by atoms with Crippen molar-refractivity contribution in [1.29, 1.82) is 0 Å². The highest BCUT2D eigenvalue weighted by atomic mass is 32.2. The molecule has 9 heteroatoms. The molecule has 0 fully saturated rings. The maximum Gasteiger partial charge on any atom is 0.410 e. The summed E-state index contributed by atoms with van der Waals surface area (Å²) in [5.41, 5.74) is -0.693. The summed E-state index contributed by atoms with van der Waals surface area (Å²) in [5, 5.41) is 11.3. The molecule has 0 heterocycles. The smallest absolute Gasteiger partial charge is 0.410 e. The van der Waals surface area contributed by atoms with Gasteiger partial charge in [-0.3, -0.25) is 4.79 Å². The Morgan fingerprint density at radius 3 is 2.37 bits per heavy atom. The van der Waals surface area contributed by atoms with Crippen molar-refractivity contribution in [3.05, 3.63) is 0 Å². The predicted octanol–water partition coefficient (Wildman–Crippen LogP) is -0.158. The van der Waals surface area contributed by atoms with Crippen molar-refractivity contribution in [2.45, 2.75) is 26.9 Å². The van der Waals surface area contributed by atoms with Crippen LogP contribution in [-0.4, -0.2) is 51.1 Å². The van der Waals surface area contributed by atoms with Crippen LogP contribution in [0.15, 0.2) is 0 Å². The normalized spacial score (nSPS) is 14.4. The van der Waals surface area contributed by atoms with Gasteiger partial charge in [0.25, 0.3) is 0 Å². The second kappa shape index (κ2) is 8.08. The standard InChI is InChI=1S/C10H19NO7S/c1-10(2,3)8(13)17-6-18-9(14)11-4-7(12)5-19(15)16/h7,12H,4-6H2,1-3H3,(H,11,14)(H,15,16)/t7-/m0/s1. The summed E-state index contributed by atoms with van der Waals surface area (Å²) in [6, 6.07) is 0. The van der Waals surface area contributed by atoms with Gasteiger partial charge < -0.3 is 24.4 Å². The first-order valence-electron chi connectivity index (χ1n) is 5.46. The Hall–Kier alpha value is -1.19. The molecule has 0 radical (unpaired) electrons. The molecule has 0 aliphatic heterocycles. The summed E-state index contributed by atoms with van der Waals surface area (Å²) in [4.78, 5) is 22.4. The van der Waals surface area contributed by atoms with Crippen molar-refractivity contribution >= 4 is 23.1 Å². The maximum absolute atomic E-state index is 11.3. The lowest BCUT2D eigenvalue weighted by molar-refractivity contribution is -0.161. The monoisotopic (exact) mass is 297 g/mol. The van der Waals surface area contributed by atoms with Crippen molar-refractivity contribution in [2.75, 3.05) is 19.1 Å². The van der Waals surface area contributed by atoms with E-state index in [1.54, 1.807) is 20.8 Å². The van der Waals surface area contributed by atoms with Crippen LogP contribution in [0.4, 0.5) is 4.79 Å². The van der Waals surface area contributed by atoms with Gasteiger partial charge in [0.05, 0.1) is 17.3 Å². The van der Waals surface area contributed by atoms with E-state index in [0.29, 0.717) is 0 Å². The van der Waals surface area contributed by atoms with E-state index >= 15 is 0 Å². The lowest BCUT2D eigenvalue weighted by atomic mass is 9.98. The van der Waals surface area contributed by atoms with Gasteiger partial charge in [0.15, 0.2) is 11.1 Å². The van der Waals surface area contributed by atoms with E-state index in [9.17, 15) is 18.9 Å². The first-order chi connectivity index (χ1) is 8.62. The van der Waals surface area contributed by atoms with Gasteiger partial charge in [-0.2, -0.15) is 0 Å². The number of nitrogens with one attached hydrogen (secondary N) is 1. The van der Waals surface area contributed by atoms with Crippen molar-refractivity contribution < 1.29 is 32.9 Å². The zero-order chi connectivity index (χ0) is 15.1. The zero-order valence-corrected chi connectivity index (χ0v) is 11.9. The molecule has 2 atom stereocenters. The first-order valence-corrected chi connectivity index (χ1v) is 6.74. The number of carbonyl (C=O) groups is 2. The van der Waals surface area contributed by atoms with Gasteiger partial charge in [-0.1, -0.05) is 0 Å². The molecule has 0 saturated carbocycles. The molecule has 3 N–H and O–H groups in total. The third-order valence-electron chi connectivity index (χ3n) is 1.81. The maximum atomic E-state index is 11.3. The molecule has 0 aromatic rings. The lowest BCUT2D eigenvalue weighted by Crippen LogP contribution is -2.36. The number of alkyl carbamates (subject to hydrolysis) is 1. The second-order valence-electron chi connectivity index (χ2n) is 4.75. The van der Waals surface area contributed by atoms with Crippen LogP contribution in [0, 0.1) is 5.41 Å². The highest BCUT2D eigenvalue weighted by Crippen LogP contribution is 2.14. The van der Waals surface area contributed by atoms with Gasteiger partial charge in [0.1, 0.15) is 0 Å². The summed E-state index contributed by atoms with van der Waals surface area (Å²) in [7, 11) is 0. The molecule has 112 valence electrons. The number of aliphatic hydroxyl groups is 1. The van der Waals surface area contributed by atoms with Crippen LogP contribution < -0.4 is 5.32 Å². The zero-order valence-electron chi connectivity index (χ0n) is 11.0. The molecule has 1 unspecified atom stereocenters. The van der Waals surface area contributed by atoms with Crippen molar-refractivity contribution in [3.63, 3.8) is 0 Å². The predicted molar refractivity (Wildman–Crippen MR) is 66.5 cm³/mol. The minimum atomic E-state index is -2.14. The number of esters is 1. The van der Waals surface area contributed by atoms with Crippen LogP contribution in [0.3, 0.4) is 0 Å². The van der Waals surface area contributed by atoms with E-state index in [0.717, 1.165) is 0 Å². The Morgan fingerprint density at radius 1 is 1.32 bits per heavy atom. The van der Waals surface area contributed by atoms with Crippen molar-refractivity contribution in [3.8, 4) is 0 Å². The summed E-state index contributed by atoms with van der Waals surface area (Å²) in [6.07, 6.45) is -2.06. The number of aliphatic hydroxyl groups excluding tert-OH is 1. The third-order valence-corrected chi connectivity index (χ3v) is 2.48. The van der Waals surface area contributed by atoms with Gasteiger partial charge in [-0.05, 0) is 20.8 Å². The molecule has 19 heavy (non-hydrogen) atoms. The molecule has 0 aromatic carbocycles.